The summed E-state index contributed by atoms with van der Waals surface area (Å²) in [5, 5.41) is 47.7. The zero-order valence-electron chi connectivity index (χ0n) is 64.3. The molecule has 3 saturated carbocycles. The van der Waals surface area contributed by atoms with Gasteiger partial charge in [0, 0.05) is 116 Å². The molecule has 1 aliphatic heterocycles. The summed E-state index contributed by atoms with van der Waals surface area (Å²) in [4.78, 5) is 19.4. The number of nitrogen functional groups attached to an aromatic ring is 3. The predicted molar refractivity (Wildman–Crippen MR) is 417 cm³/mol. The van der Waals surface area contributed by atoms with E-state index < -0.39 is 34.9 Å². The van der Waals surface area contributed by atoms with Gasteiger partial charge in [0.15, 0.2) is 52.2 Å². The Balaban J connectivity index is 0.000000150. The van der Waals surface area contributed by atoms with Crippen molar-refractivity contribution in [2.24, 2.45) is 20.0 Å². The van der Waals surface area contributed by atoms with Crippen LogP contribution in [-0.2, 0) is 18.8 Å². The summed E-state index contributed by atoms with van der Waals surface area (Å²) in [5.74, 6) is -5.85. The molecule has 606 valence electrons. The fraction of sp³-hybridized carbons (Fsp3) is 0.423. The van der Waals surface area contributed by atoms with E-state index in [-0.39, 0.29) is 94.9 Å². The summed E-state index contributed by atoms with van der Waals surface area (Å²) in [7, 11) is 16.0. The Hall–Kier alpha value is -11.8. The Labute approximate surface area is 659 Å². The van der Waals surface area contributed by atoms with Crippen LogP contribution in [0, 0.1) is 40.8 Å². The van der Waals surface area contributed by atoms with E-state index in [0.29, 0.717) is 60.6 Å². The van der Waals surface area contributed by atoms with Crippen LogP contribution in [-0.4, -0.2) is 212 Å². The van der Waals surface area contributed by atoms with E-state index in [1.165, 1.54) is 36.4 Å². The molecule has 16 rings (SSSR count). The Morgan fingerprint density at radius 3 is 1.13 bits per heavy atom. The van der Waals surface area contributed by atoms with Crippen molar-refractivity contribution in [2.45, 2.75) is 134 Å². The quantitative estimate of drug-likeness (QED) is 0.0597. The van der Waals surface area contributed by atoms with Gasteiger partial charge in [-0.2, -0.15) is 42.5 Å². The molecule has 115 heavy (non-hydrogen) atoms. The zero-order chi connectivity index (χ0) is 80.0. The highest BCUT2D eigenvalue weighted by molar-refractivity contribution is 5.79. The zero-order valence-corrected chi connectivity index (χ0v) is 64.3. The van der Waals surface area contributed by atoms with Gasteiger partial charge in [0.25, 0.3) is 0 Å². The number of aryl methyl sites for hydroxylation is 2. The molecular formula is C78H93F6N27O4. The highest BCUT2D eigenvalue weighted by Gasteiger charge is 2.32. The third kappa shape index (κ3) is 18.1. The molecule has 3 aliphatic carbocycles. The molecule has 3 aromatic carbocycles. The number of nitrogens with zero attached hydrogens (tertiary/aromatic N) is 24. The molecule has 0 bridgehead atoms. The molecular weight excluding hydrogens is 1490 g/mol. The maximum Gasteiger partial charge on any atom is 0.202 e. The Morgan fingerprint density at radius 2 is 0.765 bits per heavy atom. The number of aromatic nitrogens is 21. The maximum atomic E-state index is 15.4. The van der Waals surface area contributed by atoms with E-state index in [4.69, 9.17) is 36.1 Å². The molecule has 37 heteroatoms. The fourth-order valence-electron chi connectivity index (χ4n) is 14.9. The van der Waals surface area contributed by atoms with E-state index in [1.807, 2.05) is 37.4 Å². The van der Waals surface area contributed by atoms with Crippen molar-refractivity contribution in [1.82, 2.24) is 120 Å². The van der Waals surface area contributed by atoms with Gasteiger partial charge in [0.05, 0.1) is 60.1 Å². The number of ether oxygens (including phenoxy) is 4. The highest BCUT2D eigenvalue weighted by atomic mass is 19.2. The third-order valence-corrected chi connectivity index (χ3v) is 21.6. The van der Waals surface area contributed by atoms with Crippen LogP contribution in [0.15, 0.2) is 110 Å². The summed E-state index contributed by atoms with van der Waals surface area (Å²) in [6.07, 6.45) is 28.0. The van der Waals surface area contributed by atoms with Gasteiger partial charge in [-0.25, -0.2) is 28.1 Å². The lowest BCUT2D eigenvalue weighted by atomic mass is 9.86. The molecule has 0 radical (unpaired) electrons. The predicted octanol–water partition coefficient (Wildman–Crippen LogP) is 11.4. The van der Waals surface area contributed by atoms with Crippen LogP contribution < -0.4 is 31.4 Å². The molecule has 4 aliphatic rings. The van der Waals surface area contributed by atoms with E-state index in [9.17, 15) is 0 Å². The molecule has 1 saturated heterocycles. The first-order valence-corrected chi connectivity index (χ1v) is 37.7. The van der Waals surface area contributed by atoms with Gasteiger partial charge in [-0.15, -0.1) is 15.3 Å². The monoisotopic (exact) mass is 1590 g/mol. The molecule has 12 aromatic rings. The number of benzene rings is 3. The second-order valence-corrected chi connectivity index (χ2v) is 29.7. The number of tetrazole rings is 3. The third-order valence-electron chi connectivity index (χ3n) is 21.6. The molecule has 0 amide bonds. The maximum absolute atomic E-state index is 15.4. The summed E-state index contributed by atoms with van der Waals surface area (Å²) in [6, 6.07) is 15.4. The molecule has 0 spiro atoms. The van der Waals surface area contributed by atoms with Crippen LogP contribution in [0.4, 0.5) is 43.8 Å². The van der Waals surface area contributed by atoms with Gasteiger partial charge < -0.3 is 50.8 Å². The van der Waals surface area contributed by atoms with Crippen molar-refractivity contribution < 1.29 is 45.3 Å². The van der Waals surface area contributed by atoms with Crippen molar-refractivity contribution in [3.63, 3.8) is 0 Å². The largest absolute Gasteiger partial charge is 0.490 e. The lowest BCUT2D eigenvalue weighted by Gasteiger charge is -2.32. The van der Waals surface area contributed by atoms with Crippen molar-refractivity contribution in [1.29, 1.82) is 0 Å². The van der Waals surface area contributed by atoms with Gasteiger partial charge >= 0.3 is 0 Å². The highest BCUT2D eigenvalue weighted by Crippen LogP contribution is 2.39. The SMILES string of the molecule is C.CN(C)C1CCC(COc2ccc(-n3nnnc3-c3cc(-c4cnn(C)c4)cnc3N)c(F)c2F)CC1.CN(C)C1CCC(Oc2ccc(-n3nnnc3-c3cc(-c4cnn(C)c4)cnc3N)c(F)c2F)CC1.CN(C)C1CCC(Oc2ccc(-n3nnnc3-c3cc(-c4cnn(C5CCOCC5)c4)cnc3N)c(F)c2F)CC1. The first-order chi connectivity index (χ1) is 55.0. The minimum absolute atomic E-state index is 0. The van der Waals surface area contributed by atoms with Crippen LogP contribution in [0.25, 0.3) is 84.6 Å². The lowest BCUT2D eigenvalue weighted by Crippen LogP contribution is -2.35. The average Bonchev–Trinajstić information content (AvgIpc) is 1.57. The topological polar surface area (TPSA) is 348 Å². The van der Waals surface area contributed by atoms with Crippen LogP contribution in [0.1, 0.15) is 103 Å². The first kappa shape index (κ1) is 81.2. The minimum Gasteiger partial charge on any atom is -0.490 e. The molecule has 0 unspecified atom stereocenters. The number of nitrogens with two attached hydrogens (primary N) is 3. The van der Waals surface area contributed by atoms with Gasteiger partial charge in [-0.1, -0.05) is 7.43 Å². The van der Waals surface area contributed by atoms with Crippen LogP contribution >= 0.6 is 0 Å². The number of anilines is 3. The second kappa shape index (κ2) is 35.7. The van der Waals surface area contributed by atoms with Crippen molar-refractivity contribution >= 4 is 17.5 Å². The van der Waals surface area contributed by atoms with E-state index in [2.05, 4.69) is 120 Å². The van der Waals surface area contributed by atoms with E-state index >= 15 is 26.3 Å². The minimum atomic E-state index is -1.11. The fourth-order valence-corrected chi connectivity index (χ4v) is 14.9. The van der Waals surface area contributed by atoms with Crippen LogP contribution in [0.2, 0.25) is 0 Å². The molecule has 9 aromatic heterocycles. The first-order valence-electron chi connectivity index (χ1n) is 37.7. The normalized spacial score (nSPS) is 18.5. The van der Waals surface area contributed by atoms with Crippen LogP contribution in [0.3, 0.4) is 0 Å². The molecule has 10 heterocycles. The van der Waals surface area contributed by atoms with Crippen molar-refractivity contribution in [3.05, 3.63) is 145 Å². The van der Waals surface area contributed by atoms with Gasteiger partial charge in [0.2, 0.25) is 17.5 Å². The number of rotatable bonds is 20. The number of pyridine rings is 3. The summed E-state index contributed by atoms with van der Waals surface area (Å²) >= 11 is 0. The summed E-state index contributed by atoms with van der Waals surface area (Å²) < 4.78 is 123. The number of hydrogen-bond donors (Lipinski definition) is 3. The van der Waals surface area contributed by atoms with Crippen molar-refractivity contribution in [2.75, 3.05) is 79.3 Å². The summed E-state index contributed by atoms with van der Waals surface area (Å²) in [5.41, 5.74) is 23.7. The van der Waals surface area contributed by atoms with Gasteiger partial charge in [-0.05, 0) is 224 Å². The van der Waals surface area contributed by atoms with Crippen molar-refractivity contribution in [3.8, 4) is 102 Å². The Bertz CT molecular complexity index is 5300. The Kier molecular flexibility index (Phi) is 25.2. The average molecular weight is 1590 g/mol. The molecule has 4 fully saturated rings. The summed E-state index contributed by atoms with van der Waals surface area (Å²) in [6.45, 7) is 1.76. The standard InChI is InChI=1S/C28H33F2N9O2.C25H29F2N9O.C24H27F2N9O.CH4/c1-37(2)19-3-5-21(6-4-19)41-24-8-7-23(25(29)26(24)30)39-28(34-35-36-39)22-13-17(14-32-27(22)31)18-15-33-38(16-18)20-9-11-40-12-10-20;1-34(2)18-6-4-15(5-7-18)14-37-21-9-8-20(22(26)23(21)27)36-25(31-32-33-36)19-10-16(11-29-24(19)28)17-12-30-35(3)13-17;1-33(2)16-4-6-17(7-5-16)36-20-9-8-19(21(25)22(20)26)35-24(30-31-32-35)18-10-14(11-28-23(18)27)15-12-29-34(3)13-15;/h7-8,13-16,19-21H,3-6,9-12H2,1-2H3,(H2,31,32);8-13,15,18H,4-7,14H2,1-3H3,(H2,28,29);8-13,16-17H,4-7H2,1-3H3,(H2,27,28);1H4. The van der Waals surface area contributed by atoms with Gasteiger partial charge in [-0.3, -0.25) is 14.0 Å². The van der Waals surface area contributed by atoms with E-state index in [1.54, 1.807) is 78.8 Å². The number of halogens is 6. The van der Waals surface area contributed by atoms with Gasteiger partial charge in [0.1, 0.15) is 34.5 Å². The molecule has 6 N–H and O–H groups in total. The van der Waals surface area contributed by atoms with Crippen LogP contribution in [0.5, 0.6) is 17.2 Å². The second-order valence-electron chi connectivity index (χ2n) is 29.7. The van der Waals surface area contributed by atoms with E-state index in [0.717, 1.165) is 137 Å². The Morgan fingerprint density at radius 1 is 0.417 bits per heavy atom. The lowest BCUT2D eigenvalue weighted by molar-refractivity contribution is 0.0662. The smallest absolute Gasteiger partial charge is 0.202 e. The number of hydrogen-bond acceptors (Lipinski definition) is 25. The molecule has 31 nitrogen and oxygen atoms in total. The molecule has 0 atom stereocenters.